The number of imidazole rings is 1. The number of hydrogen-bond donors (Lipinski definition) is 0. The summed E-state index contributed by atoms with van der Waals surface area (Å²) in [7, 11) is 1.11. The number of carbonyl (C=O) groups excluding carboxylic acids is 1. The topological polar surface area (TPSA) is 75.5 Å². The molecule has 0 unspecified atom stereocenters. The third-order valence-corrected chi connectivity index (χ3v) is 7.00. The number of nitrogens with zero attached hydrogens (tertiary/aromatic N) is 4. The molecule has 0 N–H and O–H groups in total. The quantitative estimate of drug-likeness (QED) is 0.533. The van der Waals surface area contributed by atoms with Crippen molar-refractivity contribution in [3.8, 4) is 0 Å². The first-order valence-corrected chi connectivity index (χ1v) is 11.5. The van der Waals surface area contributed by atoms with E-state index in [0.717, 1.165) is 16.9 Å². The standard InChI is InChI=1S/C22H27FN4O3S/c1-5-27-20-10-9-18(31(29,30)25(2)3)14-19(20)24-21(27)11-12-22(28)26(4)15-16-7-6-8-17(23)13-16/h6-10,13-14H,5,11-12,15H2,1-4H3. The van der Waals surface area contributed by atoms with E-state index in [1.165, 1.54) is 30.5 Å². The maximum atomic E-state index is 13.4. The normalized spacial score (nSPS) is 11.9. The molecule has 9 heteroatoms. The molecule has 0 aliphatic rings. The highest BCUT2D eigenvalue weighted by molar-refractivity contribution is 7.89. The van der Waals surface area contributed by atoms with Crippen LogP contribution in [0.3, 0.4) is 0 Å². The van der Waals surface area contributed by atoms with Gasteiger partial charge in [-0.25, -0.2) is 22.1 Å². The zero-order valence-corrected chi connectivity index (χ0v) is 19.0. The van der Waals surface area contributed by atoms with Gasteiger partial charge in [0, 0.05) is 47.1 Å². The zero-order chi connectivity index (χ0) is 22.8. The van der Waals surface area contributed by atoms with Gasteiger partial charge in [-0.1, -0.05) is 12.1 Å². The first-order chi connectivity index (χ1) is 14.6. The van der Waals surface area contributed by atoms with Crippen LogP contribution in [0.2, 0.25) is 0 Å². The number of fused-ring (bicyclic) bond motifs is 1. The maximum Gasteiger partial charge on any atom is 0.242 e. The van der Waals surface area contributed by atoms with E-state index in [-0.39, 0.29) is 23.0 Å². The molecule has 0 aliphatic carbocycles. The van der Waals surface area contributed by atoms with Crippen LogP contribution < -0.4 is 0 Å². The summed E-state index contributed by atoms with van der Waals surface area (Å²) < 4.78 is 41.3. The van der Waals surface area contributed by atoms with Crippen molar-refractivity contribution in [3.63, 3.8) is 0 Å². The lowest BCUT2D eigenvalue weighted by atomic mass is 10.2. The Morgan fingerprint density at radius 3 is 2.52 bits per heavy atom. The molecule has 1 aromatic heterocycles. The Bertz CT molecular complexity index is 1200. The molecule has 0 spiro atoms. The van der Waals surface area contributed by atoms with E-state index < -0.39 is 10.0 Å². The van der Waals surface area contributed by atoms with E-state index in [2.05, 4.69) is 4.98 Å². The smallest absolute Gasteiger partial charge is 0.242 e. The zero-order valence-electron chi connectivity index (χ0n) is 18.2. The molecule has 31 heavy (non-hydrogen) atoms. The van der Waals surface area contributed by atoms with E-state index in [9.17, 15) is 17.6 Å². The molecule has 1 heterocycles. The number of benzene rings is 2. The molecule has 0 bridgehead atoms. The number of rotatable bonds is 8. The second kappa shape index (κ2) is 9.15. The number of aryl methyl sites for hydroxylation is 2. The van der Waals surface area contributed by atoms with Crippen molar-refractivity contribution >= 4 is 27.0 Å². The van der Waals surface area contributed by atoms with E-state index in [4.69, 9.17) is 0 Å². The number of amides is 1. The minimum absolute atomic E-state index is 0.0742. The lowest BCUT2D eigenvalue weighted by Crippen LogP contribution is -2.26. The highest BCUT2D eigenvalue weighted by Crippen LogP contribution is 2.23. The molecular weight excluding hydrogens is 419 g/mol. The molecule has 0 fully saturated rings. The molecule has 3 aromatic rings. The Labute approximate surface area is 182 Å². The summed E-state index contributed by atoms with van der Waals surface area (Å²) in [4.78, 5) is 18.9. The van der Waals surface area contributed by atoms with Crippen molar-refractivity contribution in [1.82, 2.24) is 18.8 Å². The van der Waals surface area contributed by atoms with Crippen LogP contribution in [0.4, 0.5) is 4.39 Å². The fourth-order valence-electron chi connectivity index (χ4n) is 3.48. The summed E-state index contributed by atoms with van der Waals surface area (Å²) in [5, 5.41) is 0. The summed E-state index contributed by atoms with van der Waals surface area (Å²) >= 11 is 0. The van der Waals surface area contributed by atoms with Gasteiger partial charge in [0.15, 0.2) is 0 Å². The number of aromatic nitrogens is 2. The summed E-state index contributed by atoms with van der Waals surface area (Å²) in [6, 6.07) is 11.1. The van der Waals surface area contributed by atoms with Gasteiger partial charge < -0.3 is 9.47 Å². The summed E-state index contributed by atoms with van der Waals surface area (Å²) in [6.07, 6.45) is 0.669. The SMILES string of the molecule is CCn1c(CCC(=O)N(C)Cc2cccc(F)c2)nc2cc(S(=O)(=O)N(C)C)ccc21. The number of hydrogen-bond acceptors (Lipinski definition) is 4. The summed E-state index contributed by atoms with van der Waals surface area (Å²) in [5.74, 6) is 0.324. The molecule has 7 nitrogen and oxygen atoms in total. The van der Waals surface area contributed by atoms with Gasteiger partial charge in [-0.05, 0) is 42.8 Å². The highest BCUT2D eigenvalue weighted by Gasteiger charge is 2.20. The van der Waals surface area contributed by atoms with Gasteiger partial charge in [-0.15, -0.1) is 0 Å². The van der Waals surface area contributed by atoms with Crippen LogP contribution in [0, 0.1) is 5.82 Å². The molecule has 0 radical (unpaired) electrons. The second-order valence-corrected chi connectivity index (χ2v) is 9.74. The Hall–Kier alpha value is -2.78. The molecule has 2 aromatic carbocycles. The first kappa shape index (κ1) is 22.9. The van der Waals surface area contributed by atoms with Crippen LogP contribution in [-0.4, -0.2) is 54.2 Å². The Morgan fingerprint density at radius 1 is 1.13 bits per heavy atom. The van der Waals surface area contributed by atoms with E-state index >= 15 is 0 Å². The minimum Gasteiger partial charge on any atom is -0.341 e. The molecule has 0 saturated carbocycles. The van der Waals surface area contributed by atoms with Crippen LogP contribution in [0.1, 0.15) is 24.7 Å². The first-order valence-electron chi connectivity index (χ1n) is 10.0. The van der Waals surface area contributed by atoms with Gasteiger partial charge >= 0.3 is 0 Å². The van der Waals surface area contributed by atoms with Crippen LogP contribution >= 0.6 is 0 Å². The van der Waals surface area contributed by atoms with Crippen LogP contribution in [0.25, 0.3) is 11.0 Å². The second-order valence-electron chi connectivity index (χ2n) is 7.59. The summed E-state index contributed by atoms with van der Waals surface area (Å²) in [6.45, 7) is 2.96. The van der Waals surface area contributed by atoms with E-state index in [0.29, 0.717) is 25.0 Å². The van der Waals surface area contributed by atoms with Gasteiger partial charge in [-0.2, -0.15) is 0 Å². The lowest BCUT2D eigenvalue weighted by Gasteiger charge is -2.17. The fraction of sp³-hybridized carbons (Fsp3) is 0.364. The molecule has 166 valence electrons. The fourth-order valence-corrected chi connectivity index (χ4v) is 4.40. The highest BCUT2D eigenvalue weighted by atomic mass is 32.2. The average Bonchev–Trinajstić information content (AvgIpc) is 3.08. The minimum atomic E-state index is -3.55. The van der Waals surface area contributed by atoms with Gasteiger partial charge in [0.05, 0.1) is 15.9 Å². The molecule has 0 atom stereocenters. The van der Waals surface area contributed by atoms with Crippen molar-refractivity contribution in [2.75, 3.05) is 21.1 Å². The van der Waals surface area contributed by atoms with Crippen LogP contribution in [0.15, 0.2) is 47.4 Å². The summed E-state index contributed by atoms with van der Waals surface area (Å²) in [5.41, 5.74) is 2.14. The monoisotopic (exact) mass is 446 g/mol. The average molecular weight is 447 g/mol. The maximum absolute atomic E-state index is 13.4. The van der Waals surface area contributed by atoms with Gasteiger partial charge in [-0.3, -0.25) is 4.79 Å². The van der Waals surface area contributed by atoms with Crippen LogP contribution in [-0.2, 0) is 34.3 Å². The molecule has 1 amide bonds. The predicted molar refractivity (Wildman–Crippen MR) is 117 cm³/mol. The Morgan fingerprint density at radius 2 is 1.87 bits per heavy atom. The molecule has 0 saturated heterocycles. The molecule has 0 aliphatic heterocycles. The molecule has 3 rings (SSSR count). The van der Waals surface area contributed by atoms with Gasteiger partial charge in [0.25, 0.3) is 0 Å². The third kappa shape index (κ3) is 4.94. The Balaban J connectivity index is 1.77. The third-order valence-electron chi connectivity index (χ3n) is 5.19. The molecular formula is C22H27FN4O3S. The number of carbonyl (C=O) groups is 1. The van der Waals surface area contributed by atoms with Gasteiger partial charge in [0.1, 0.15) is 11.6 Å². The van der Waals surface area contributed by atoms with Crippen molar-refractivity contribution < 1.29 is 17.6 Å². The van der Waals surface area contributed by atoms with Crippen LogP contribution in [0.5, 0.6) is 0 Å². The van der Waals surface area contributed by atoms with Gasteiger partial charge in [0.2, 0.25) is 15.9 Å². The predicted octanol–water partition coefficient (Wildman–Crippen LogP) is 3.04. The van der Waals surface area contributed by atoms with Crippen molar-refractivity contribution in [2.45, 2.75) is 37.8 Å². The van der Waals surface area contributed by atoms with Crippen molar-refractivity contribution in [3.05, 3.63) is 59.7 Å². The largest absolute Gasteiger partial charge is 0.341 e. The van der Waals surface area contributed by atoms with Crippen molar-refractivity contribution in [1.29, 1.82) is 0 Å². The van der Waals surface area contributed by atoms with E-state index in [1.54, 1.807) is 42.3 Å². The number of sulfonamides is 1. The Kier molecular flexibility index (Phi) is 6.76. The number of halogens is 1. The lowest BCUT2D eigenvalue weighted by molar-refractivity contribution is -0.130. The van der Waals surface area contributed by atoms with E-state index in [1.807, 2.05) is 11.5 Å². The van der Waals surface area contributed by atoms with Crippen molar-refractivity contribution in [2.24, 2.45) is 0 Å².